The Morgan fingerprint density at radius 3 is 2.65 bits per heavy atom. The summed E-state index contributed by atoms with van der Waals surface area (Å²) in [6.45, 7) is 3.66. The minimum Gasteiger partial charge on any atom is -0.307 e. The number of nitrogens with zero attached hydrogens (tertiary/aromatic N) is 4. The second-order valence-electron chi connectivity index (χ2n) is 3.73. The molecule has 0 spiro atoms. The Morgan fingerprint density at radius 1 is 1.24 bits per heavy atom. The third kappa shape index (κ3) is 1.77. The van der Waals surface area contributed by atoms with Crippen LogP contribution in [0.15, 0.2) is 24.4 Å². The molecule has 0 radical (unpaired) electrons. The average molecular weight is 222 g/mol. The molecule has 4 nitrogen and oxygen atoms in total. The van der Waals surface area contributed by atoms with E-state index in [1.807, 2.05) is 13.0 Å². The van der Waals surface area contributed by atoms with E-state index in [9.17, 15) is 0 Å². The quantitative estimate of drug-likeness (QED) is 0.743. The molecule has 0 aliphatic rings. The van der Waals surface area contributed by atoms with Crippen molar-refractivity contribution in [1.82, 2.24) is 9.55 Å². The van der Waals surface area contributed by atoms with E-state index in [4.69, 9.17) is 10.5 Å². The Morgan fingerprint density at radius 2 is 2.00 bits per heavy atom. The first-order valence-corrected chi connectivity index (χ1v) is 5.13. The molecular weight excluding hydrogens is 212 g/mol. The zero-order valence-electron chi connectivity index (χ0n) is 9.60. The Bertz CT molecular complexity index is 653. The smallest absolute Gasteiger partial charge is 0.124 e. The van der Waals surface area contributed by atoms with E-state index in [1.54, 1.807) is 29.8 Å². The molecule has 0 fully saturated rings. The van der Waals surface area contributed by atoms with E-state index in [0.717, 1.165) is 5.69 Å². The number of aromatic nitrogens is 2. The Labute approximate surface area is 99.4 Å². The summed E-state index contributed by atoms with van der Waals surface area (Å²) < 4.78 is 1.71. The largest absolute Gasteiger partial charge is 0.307 e. The molecule has 0 N–H and O–H groups in total. The summed E-state index contributed by atoms with van der Waals surface area (Å²) >= 11 is 0. The minimum absolute atomic E-state index is 0.503. The SMILES string of the molecule is Cc1cc(-n2cccc2C#N)c(C#N)c(C)n1. The first kappa shape index (κ1) is 10.9. The van der Waals surface area contributed by atoms with Crippen molar-refractivity contribution in [3.8, 4) is 17.8 Å². The normalized spacial score (nSPS) is 9.65. The lowest BCUT2D eigenvalue weighted by molar-refractivity contribution is 1.00. The summed E-state index contributed by atoms with van der Waals surface area (Å²) in [5.41, 5.74) is 3.23. The molecule has 82 valence electrons. The van der Waals surface area contributed by atoms with Gasteiger partial charge in [-0.1, -0.05) is 0 Å². The van der Waals surface area contributed by atoms with Crippen LogP contribution < -0.4 is 0 Å². The van der Waals surface area contributed by atoms with Gasteiger partial charge in [-0.25, -0.2) is 0 Å². The van der Waals surface area contributed by atoms with Crippen molar-refractivity contribution in [2.24, 2.45) is 0 Å². The first-order chi connectivity index (χ1) is 8.17. The number of hydrogen-bond acceptors (Lipinski definition) is 3. The van der Waals surface area contributed by atoms with Gasteiger partial charge in [0.2, 0.25) is 0 Å². The maximum Gasteiger partial charge on any atom is 0.124 e. The molecule has 0 saturated heterocycles. The number of nitriles is 2. The Hall–Kier alpha value is -2.59. The summed E-state index contributed by atoms with van der Waals surface area (Å²) in [6.07, 6.45) is 1.77. The van der Waals surface area contributed by atoms with Crippen LogP contribution in [0.25, 0.3) is 5.69 Å². The van der Waals surface area contributed by atoms with E-state index >= 15 is 0 Å². The van der Waals surface area contributed by atoms with Crippen LogP contribution in [0.5, 0.6) is 0 Å². The summed E-state index contributed by atoms with van der Waals surface area (Å²) in [5, 5.41) is 18.2. The van der Waals surface area contributed by atoms with Crippen LogP contribution in [0.4, 0.5) is 0 Å². The highest BCUT2D eigenvalue weighted by Crippen LogP contribution is 2.19. The van der Waals surface area contributed by atoms with E-state index in [0.29, 0.717) is 22.6 Å². The predicted molar refractivity (Wildman–Crippen MR) is 62.5 cm³/mol. The summed E-state index contributed by atoms with van der Waals surface area (Å²) in [6, 6.07) is 9.54. The first-order valence-electron chi connectivity index (χ1n) is 5.13. The fraction of sp³-hybridized carbons (Fsp3) is 0.154. The lowest BCUT2D eigenvalue weighted by Gasteiger charge is -2.10. The molecule has 2 heterocycles. The Kier molecular flexibility index (Phi) is 2.64. The summed E-state index contributed by atoms with van der Waals surface area (Å²) in [4.78, 5) is 4.25. The van der Waals surface area contributed by atoms with Gasteiger partial charge in [0.1, 0.15) is 17.8 Å². The van der Waals surface area contributed by atoms with Crippen molar-refractivity contribution < 1.29 is 0 Å². The van der Waals surface area contributed by atoms with Gasteiger partial charge in [-0.3, -0.25) is 4.98 Å². The number of rotatable bonds is 1. The van der Waals surface area contributed by atoms with E-state index in [-0.39, 0.29) is 0 Å². The van der Waals surface area contributed by atoms with Crippen LogP contribution >= 0.6 is 0 Å². The van der Waals surface area contributed by atoms with Crippen molar-refractivity contribution in [3.05, 3.63) is 47.0 Å². The van der Waals surface area contributed by atoms with Crippen LogP contribution in [-0.4, -0.2) is 9.55 Å². The number of hydrogen-bond donors (Lipinski definition) is 0. The third-order valence-electron chi connectivity index (χ3n) is 2.54. The molecule has 2 rings (SSSR count). The van der Waals surface area contributed by atoms with Crippen LogP contribution in [0.1, 0.15) is 22.6 Å². The molecule has 0 bridgehead atoms. The molecule has 0 saturated carbocycles. The third-order valence-corrected chi connectivity index (χ3v) is 2.54. The van der Waals surface area contributed by atoms with Gasteiger partial charge in [-0.2, -0.15) is 10.5 Å². The fourth-order valence-corrected chi connectivity index (χ4v) is 1.82. The van der Waals surface area contributed by atoms with Gasteiger partial charge in [0.25, 0.3) is 0 Å². The Balaban J connectivity index is 2.77. The van der Waals surface area contributed by atoms with Crippen molar-refractivity contribution in [2.45, 2.75) is 13.8 Å². The molecule has 2 aromatic rings. The van der Waals surface area contributed by atoms with E-state index in [2.05, 4.69) is 17.1 Å². The van der Waals surface area contributed by atoms with E-state index in [1.165, 1.54) is 0 Å². The molecule has 0 aliphatic carbocycles. The van der Waals surface area contributed by atoms with Gasteiger partial charge >= 0.3 is 0 Å². The van der Waals surface area contributed by atoms with Crippen molar-refractivity contribution in [2.75, 3.05) is 0 Å². The molecular formula is C13H10N4. The summed E-state index contributed by atoms with van der Waals surface area (Å²) in [7, 11) is 0. The number of pyridine rings is 1. The lowest BCUT2D eigenvalue weighted by atomic mass is 10.1. The van der Waals surface area contributed by atoms with Crippen LogP contribution in [-0.2, 0) is 0 Å². The minimum atomic E-state index is 0.503. The van der Waals surface area contributed by atoms with Crippen molar-refractivity contribution >= 4 is 0 Å². The molecule has 0 amide bonds. The standard InChI is InChI=1S/C13H10N4/c1-9-6-13(12(8-15)10(2)16-9)17-5-3-4-11(17)7-14/h3-6H,1-2H3. The maximum atomic E-state index is 9.17. The lowest BCUT2D eigenvalue weighted by Crippen LogP contribution is -2.03. The van der Waals surface area contributed by atoms with Crippen LogP contribution in [0.3, 0.4) is 0 Å². The maximum absolute atomic E-state index is 9.17. The highest BCUT2D eigenvalue weighted by atomic mass is 15.0. The summed E-state index contributed by atoms with van der Waals surface area (Å²) in [5.74, 6) is 0. The van der Waals surface area contributed by atoms with Gasteiger partial charge in [0.15, 0.2) is 0 Å². The van der Waals surface area contributed by atoms with Gasteiger partial charge < -0.3 is 4.57 Å². The predicted octanol–water partition coefficient (Wildman–Crippen LogP) is 2.23. The monoisotopic (exact) mass is 222 g/mol. The van der Waals surface area contributed by atoms with Gasteiger partial charge in [0, 0.05) is 11.9 Å². The highest BCUT2D eigenvalue weighted by molar-refractivity contribution is 5.53. The fourth-order valence-electron chi connectivity index (χ4n) is 1.82. The molecule has 0 aromatic carbocycles. The van der Waals surface area contributed by atoms with Gasteiger partial charge in [-0.15, -0.1) is 0 Å². The van der Waals surface area contributed by atoms with Crippen LogP contribution in [0.2, 0.25) is 0 Å². The average Bonchev–Trinajstić information content (AvgIpc) is 2.75. The van der Waals surface area contributed by atoms with E-state index < -0.39 is 0 Å². The zero-order valence-corrected chi connectivity index (χ0v) is 9.60. The van der Waals surface area contributed by atoms with Gasteiger partial charge in [-0.05, 0) is 32.0 Å². The van der Waals surface area contributed by atoms with Gasteiger partial charge in [0.05, 0.1) is 16.9 Å². The van der Waals surface area contributed by atoms with Crippen molar-refractivity contribution in [3.63, 3.8) is 0 Å². The molecule has 17 heavy (non-hydrogen) atoms. The molecule has 0 unspecified atom stereocenters. The molecule has 4 heteroatoms. The van der Waals surface area contributed by atoms with Crippen LogP contribution in [0, 0.1) is 36.5 Å². The zero-order chi connectivity index (χ0) is 12.4. The van der Waals surface area contributed by atoms with Crippen molar-refractivity contribution in [1.29, 1.82) is 10.5 Å². The topological polar surface area (TPSA) is 65.4 Å². The number of aryl methyl sites for hydroxylation is 2. The molecule has 2 aromatic heterocycles. The second-order valence-corrected chi connectivity index (χ2v) is 3.73. The molecule has 0 aliphatic heterocycles. The second kappa shape index (κ2) is 4.11. The molecule has 0 atom stereocenters. The highest BCUT2D eigenvalue weighted by Gasteiger charge is 2.11.